The van der Waals surface area contributed by atoms with Crippen molar-refractivity contribution in [3.8, 4) is 5.75 Å². The highest BCUT2D eigenvalue weighted by Crippen LogP contribution is 2.30. The summed E-state index contributed by atoms with van der Waals surface area (Å²) in [6, 6.07) is 9.78. The molecule has 0 saturated carbocycles. The third-order valence-corrected chi connectivity index (χ3v) is 4.35. The summed E-state index contributed by atoms with van der Waals surface area (Å²) in [5.74, 6) is 1.70. The molecule has 4 rings (SSSR count). The molecule has 0 radical (unpaired) electrons. The number of rotatable bonds is 4. The zero-order chi connectivity index (χ0) is 15.6. The summed E-state index contributed by atoms with van der Waals surface area (Å²) in [6.07, 6.45) is 3.27. The van der Waals surface area contributed by atoms with Crippen LogP contribution in [-0.4, -0.2) is 18.6 Å². The topological polar surface area (TPSA) is 75.5 Å². The van der Waals surface area contributed by atoms with Crippen LogP contribution in [0.5, 0.6) is 5.75 Å². The molecule has 0 bridgehead atoms. The van der Waals surface area contributed by atoms with Crippen LogP contribution in [0.15, 0.2) is 41.0 Å². The molecule has 0 spiro atoms. The quantitative estimate of drug-likeness (QED) is 0.796. The van der Waals surface area contributed by atoms with E-state index in [1.807, 2.05) is 18.2 Å². The number of carbonyl (C=O) groups excluding carboxylic acids is 1. The Morgan fingerprint density at radius 3 is 3.13 bits per heavy atom. The van der Waals surface area contributed by atoms with Crippen LogP contribution in [0.3, 0.4) is 0 Å². The summed E-state index contributed by atoms with van der Waals surface area (Å²) < 4.78 is 10.8. The minimum Gasteiger partial charge on any atom is -0.493 e. The Morgan fingerprint density at radius 2 is 2.26 bits per heavy atom. The maximum atomic E-state index is 12.2. The summed E-state index contributed by atoms with van der Waals surface area (Å²) in [4.78, 5) is 12.2. The van der Waals surface area contributed by atoms with Crippen molar-refractivity contribution < 1.29 is 13.9 Å². The van der Waals surface area contributed by atoms with Crippen molar-refractivity contribution in [2.45, 2.75) is 31.5 Å². The van der Waals surface area contributed by atoms with E-state index in [4.69, 9.17) is 9.15 Å². The van der Waals surface area contributed by atoms with Gasteiger partial charge >= 0.3 is 0 Å². The summed E-state index contributed by atoms with van der Waals surface area (Å²) in [7, 11) is 0. The van der Waals surface area contributed by atoms with Gasteiger partial charge in [-0.15, -0.1) is 0 Å². The van der Waals surface area contributed by atoms with Gasteiger partial charge in [-0.25, -0.2) is 10.9 Å². The highest BCUT2D eigenvalue weighted by Gasteiger charge is 2.30. The van der Waals surface area contributed by atoms with Gasteiger partial charge in [-0.1, -0.05) is 12.1 Å². The Morgan fingerprint density at radius 1 is 1.30 bits per heavy atom. The Labute approximate surface area is 134 Å². The van der Waals surface area contributed by atoms with E-state index >= 15 is 0 Å². The fourth-order valence-electron chi connectivity index (χ4n) is 3.08. The van der Waals surface area contributed by atoms with Gasteiger partial charge in [0, 0.05) is 12.5 Å². The zero-order valence-corrected chi connectivity index (χ0v) is 12.7. The van der Waals surface area contributed by atoms with Crippen LogP contribution in [-0.2, 0) is 17.8 Å². The van der Waals surface area contributed by atoms with E-state index in [0.29, 0.717) is 13.0 Å². The van der Waals surface area contributed by atoms with Crippen LogP contribution in [0, 0.1) is 0 Å². The lowest BCUT2D eigenvalue weighted by Gasteiger charge is -2.11. The molecule has 120 valence electrons. The van der Waals surface area contributed by atoms with Crippen molar-refractivity contribution in [2.75, 3.05) is 6.61 Å². The number of benzene rings is 1. The molecule has 23 heavy (non-hydrogen) atoms. The molecule has 1 aromatic carbocycles. The van der Waals surface area contributed by atoms with Crippen molar-refractivity contribution >= 4 is 5.91 Å². The highest BCUT2D eigenvalue weighted by atomic mass is 16.5. The molecular formula is C17H19N3O3. The number of carbonyl (C=O) groups is 1. The first kappa shape index (κ1) is 14.3. The maximum Gasteiger partial charge on any atom is 0.238 e. The van der Waals surface area contributed by atoms with Gasteiger partial charge in [-0.2, -0.15) is 0 Å². The van der Waals surface area contributed by atoms with Crippen LogP contribution >= 0.6 is 0 Å². The van der Waals surface area contributed by atoms with Crippen molar-refractivity contribution in [3.05, 3.63) is 53.5 Å². The first-order valence-electron chi connectivity index (χ1n) is 7.86. The minimum absolute atomic E-state index is 0.0270. The average molecular weight is 313 g/mol. The number of nitrogens with one attached hydrogen (secondary N) is 3. The standard InChI is InChI=1S/C17H19N3O3/c21-17(18-10-13-2-1-6-22-13)15-9-14(19-20-15)11-3-4-16-12(8-11)5-7-23-16/h1-4,6,8,14-15,19-20H,5,7,9-10H2,(H,18,21). The average Bonchev–Trinajstić information content (AvgIpc) is 3.32. The smallest absolute Gasteiger partial charge is 0.238 e. The van der Waals surface area contributed by atoms with Crippen LogP contribution in [0.25, 0.3) is 0 Å². The molecule has 2 aliphatic rings. The Hall–Kier alpha value is -2.31. The van der Waals surface area contributed by atoms with Gasteiger partial charge in [0.2, 0.25) is 5.91 Å². The predicted octanol–water partition coefficient (Wildman–Crippen LogP) is 1.44. The van der Waals surface area contributed by atoms with Gasteiger partial charge in [0.25, 0.3) is 0 Å². The number of hydrogen-bond acceptors (Lipinski definition) is 5. The van der Waals surface area contributed by atoms with Gasteiger partial charge in [0.15, 0.2) is 0 Å². The molecule has 1 aromatic heterocycles. The minimum atomic E-state index is -0.250. The SMILES string of the molecule is O=C(NCc1ccco1)C1CC(c2ccc3c(c2)CCO3)NN1. The number of furan rings is 1. The zero-order valence-electron chi connectivity index (χ0n) is 12.7. The van der Waals surface area contributed by atoms with E-state index in [1.54, 1.807) is 6.26 Å². The molecule has 3 N–H and O–H groups in total. The number of amides is 1. The fourth-order valence-corrected chi connectivity index (χ4v) is 3.08. The van der Waals surface area contributed by atoms with E-state index < -0.39 is 0 Å². The lowest BCUT2D eigenvalue weighted by molar-refractivity contribution is -0.123. The number of ether oxygens (including phenoxy) is 1. The van der Waals surface area contributed by atoms with E-state index in [1.165, 1.54) is 11.1 Å². The van der Waals surface area contributed by atoms with E-state index in [9.17, 15) is 4.79 Å². The normalized spacial score (nSPS) is 22.6. The molecular weight excluding hydrogens is 294 g/mol. The fraction of sp³-hybridized carbons (Fsp3) is 0.353. The highest BCUT2D eigenvalue weighted by molar-refractivity contribution is 5.82. The second kappa shape index (κ2) is 6.06. The van der Waals surface area contributed by atoms with Crippen molar-refractivity contribution in [2.24, 2.45) is 0 Å². The van der Waals surface area contributed by atoms with E-state index in [0.717, 1.165) is 24.5 Å². The summed E-state index contributed by atoms with van der Waals surface area (Å²) in [5, 5.41) is 2.89. The van der Waals surface area contributed by atoms with Gasteiger partial charge in [-0.3, -0.25) is 4.79 Å². The monoisotopic (exact) mass is 313 g/mol. The molecule has 1 amide bonds. The predicted molar refractivity (Wildman–Crippen MR) is 83.6 cm³/mol. The number of hydrogen-bond donors (Lipinski definition) is 3. The van der Waals surface area contributed by atoms with Crippen LogP contribution < -0.4 is 20.9 Å². The van der Waals surface area contributed by atoms with Gasteiger partial charge in [0.1, 0.15) is 17.6 Å². The van der Waals surface area contributed by atoms with Crippen LogP contribution in [0.1, 0.15) is 29.3 Å². The molecule has 2 aromatic rings. The molecule has 0 aliphatic carbocycles. The first-order chi connectivity index (χ1) is 11.3. The number of fused-ring (bicyclic) bond motifs is 1. The van der Waals surface area contributed by atoms with Gasteiger partial charge in [-0.05, 0) is 35.7 Å². The second-order valence-electron chi connectivity index (χ2n) is 5.89. The van der Waals surface area contributed by atoms with Crippen molar-refractivity contribution in [1.29, 1.82) is 0 Å². The third kappa shape index (κ3) is 2.95. The Kier molecular flexibility index (Phi) is 3.77. The molecule has 3 heterocycles. The summed E-state index contributed by atoms with van der Waals surface area (Å²) in [5.41, 5.74) is 8.72. The van der Waals surface area contributed by atoms with E-state index in [-0.39, 0.29) is 18.0 Å². The largest absolute Gasteiger partial charge is 0.493 e. The molecule has 1 saturated heterocycles. The molecule has 6 heteroatoms. The molecule has 1 fully saturated rings. The summed E-state index contributed by atoms with van der Waals surface area (Å²) in [6.45, 7) is 1.16. The molecule has 2 unspecified atom stereocenters. The Balaban J connectivity index is 1.36. The lowest BCUT2D eigenvalue weighted by Crippen LogP contribution is -2.42. The van der Waals surface area contributed by atoms with Crippen LogP contribution in [0.4, 0.5) is 0 Å². The van der Waals surface area contributed by atoms with Crippen LogP contribution in [0.2, 0.25) is 0 Å². The lowest BCUT2D eigenvalue weighted by atomic mass is 9.99. The van der Waals surface area contributed by atoms with Crippen molar-refractivity contribution in [3.63, 3.8) is 0 Å². The number of hydrazine groups is 1. The molecule has 6 nitrogen and oxygen atoms in total. The Bertz CT molecular complexity index is 699. The summed E-state index contributed by atoms with van der Waals surface area (Å²) >= 11 is 0. The van der Waals surface area contributed by atoms with Gasteiger partial charge in [0.05, 0.1) is 19.4 Å². The van der Waals surface area contributed by atoms with Crippen molar-refractivity contribution in [1.82, 2.24) is 16.2 Å². The molecule has 2 aliphatic heterocycles. The third-order valence-electron chi connectivity index (χ3n) is 4.35. The first-order valence-corrected chi connectivity index (χ1v) is 7.86. The maximum absolute atomic E-state index is 12.2. The van der Waals surface area contributed by atoms with Gasteiger partial charge < -0.3 is 14.5 Å². The second-order valence-corrected chi connectivity index (χ2v) is 5.89. The van der Waals surface area contributed by atoms with E-state index in [2.05, 4.69) is 28.3 Å². The molecule has 2 atom stereocenters.